The van der Waals surface area contributed by atoms with E-state index in [9.17, 15) is 79.4 Å². The van der Waals surface area contributed by atoms with Crippen molar-refractivity contribution in [1.82, 2.24) is 0 Å². The van der Waals surface area contributed by atoms with Gasteiger partial charge in [0.2, 0.25) is 0 Å². The van der Waals surface area contributed by atoms with Gasteiger partial charge < -0.3 is 118 Å². The minimum Gasteiger partial charge on any atom is -0.394 e. The molecule has 0 aromatic rings. The van der Waals surface area contributed by atoms with Crippen LogP contribution < -0.4 is 0 Å². The first-order chi connectivity index (χ1) is 40.6. The van der Waals surface area contributed by atoms with Gasteiger partial charge >= 0.3 is 10.4 Å². The Kier molecular flexibility index (Phi) is 20.3. The molecule has 0 spiro atoms. The second-order valence-corrected chi connectivity index (χ2v) is 28.8. The largest absolute Gasteiger partial charge is 0.397 e. The van der Waals surface area contributed by atoms with Gasteiger partial charge in [0.15, 0.2) is 31.5 Å². The highest BCUT2D eigenvalue weighted by molar-refractivity contribution is 7.80. The van der Waals surface area contributed by atoms with Crippen molar-refractivity contribution >= 4 is 10.4 Å². The summed E-state index contributed by atoms with van der Waals surface area (Å²) < 4.78 is 108. The maximum atomic E-state index is 12.5. The molecule has 6 saturated heterocycles. The lowest BCUT2D eigenvalue weighted by Gasteiger charge is -2.60. The van der Waals surface area contributed by atoms with Crippen LogP contribution in [0.15, 0.2) is 11.6 Å². The smallest absolute Gasteiger partial charge is 0.394 e. The minimum absolute atomic E-state index is 0.0278. The van der Waals surface area contributed by atoms with Crippen LogP contribution in [0.25, 0.3) is 0 Å². The molecule has 6 aliphatic heterocycles. The summed E-state index contributed by atoms with van der Waals surface area (Å²) >= 11 is 0. The van der Waals surface area contributed by atoms with Crippen molar-refractivity contribution in [3.8, 4) is 0 Å². The van der Waals surface area contributed by atoms with Crippen LogP contribution in [0.2, 0.25) is 0 Å². The van der Waals surface area contributed by atoms with Crippen LogP contribution in [0.5, 0.6) is 0 Å². The Balaban J connectivity index is 0.930. The third-order valence-corrected chi connectivity index (χ3v) is 22.6. The molecule has 28 nitrogen and oxygen atoms in total. The molecule has 0 amide bonds. The van der Waals surface area contributed by atoms with E-state index in [4.69, 9.17) is 56.3 Å². The van der Waals surface area contributed by atoms with Gasteiger partial charge in [0.05, 0.1) is 54.9 Å². The monoisotopic (exact) mass is 1270 g/mol. The lowest BCUT2D eigenvalue weighted by atomic mass is 9.47. The van der Waals surface area contributed by atoms with Crippen molar-refractivity contribution < 1.29 is 136 Å². The topological polar surface area (TPSA) is 431 Å². The molecule has 10 rings (SSSR count). The molecular formula is C58H96O28S. The number of hydrogen-bond donors (Lipinski definition) is 14. The first-order valence-corrected chi connectivity index (χ1v) is 32.4. The van der Waals surface area contributed by atoms with Crippen molar-refractivity contribution in [3.63, 3.8) is 0 Å². The van der Waals surface area contributed by atoms with Gasteiger partial charge in [-0.05, 0) is 126 Å². The van der Waals surface area contributed by atoms with E-state index in [0.717, 1.165) is 18.4 Å². The number of aliphatic hydroxyl groups excluding tert-OH is 12. The summed E-state index contributed by atoms with van der Waals surface area (Å²) in [5.74, 6) is -0.213. The third kappa shape index (κ3) is 12.8. The number of allylic oxidation sites excluding steroid dienone is 2. The first-order valence-electron chi connectivity index (χ1n) is 31.0. The molecular weight excluding hydrogens is 1180 g/mol. The molecule has 502 valence electrons. The summed E-state index contributed by atoms with van der Waals surface area (Å²) in [6.07, 6.45) is -38.9. The highest BCUT2D eigenvalue weighted by Gasteiger charge is 2.67. The molecule has 0 radical (unpaired) electrons. The summed E-state index contributed by atoms with van der Waals surface area (Å²) in [4.78, 5) is 0. The van der Waals surface area contributed by atoms with Crippen molar-refractivity contribution in [2.45, 2.75) is 298 Å². The Bertz CT molecular complexity index is 2500. The second kappa shape index (κ2) is 25.8. The van der Waals surface area contributed by atoms with Crippen LogP contribution in [-0.2, 0) is 66.7 Å². The van der Waals surface area contributed by atoms with E-state index in [2.05, 4.69) is 40.7 Å². The number of rotatable bonds is 17. The highest BCUT2D eigenvalue weighted by atomic mass is 32.3. The molecule has 18 unspecified atom stereocenters. The molecule has 29 heteroatoms. The Labute approximate surface area is 506 Å². The van der Waals surface area contributed by atoms with Gasteiger partial charge in [0.25, 0.3) is 0 Å². The average Bonchev–Trinajstić information content (AvgIpc) is 1.69. The summed E-state index contributed by atoms with van der Waals surface area (Å²) in [6, 6.07) is 0. The Morgan fingerprint density at radius 2 is 1.10 bits per heavy atom. The molecule has 9 fully saturated rings. The Morgan fingerprint density at radius 3 is 1.67 bits per heavy atom. The number of ether oxygens (including phenoxy) is 11. The van der Waals surface area contributed by atoms with Crippen LogP contribution >= 0.6 is 0 Å². The molecule has 0 bridgehead atoms. The fourth-order valence-corrected chi connectivity index (χ4v) is 17.0. The fraction of sp³-hybridized carbons (Fsp3) is 0.966. The zero-order chi connectivity index (χ0) is 63.6. The Hall–Kier alpha value is -1.35. The lowest BCUT2D eigenvalue weighted by molar-refractivity contribution is -0.406. The molecule has 3 saturated carbocycles. The van der Waals surface area contributed by atoms with E-state index >= 15 is 0 Å². The van der Waals surface area contributed by atoms with Crippen LogP contribution in [0.1, 0.15) is 114 Å². The number of fused-ring (bicyclic) bond motifs is 5. The van der Waals surface area contributed by atoms with Gasteiger partial charge in [-0.15, -0.1) is 0 Å². The summed E-state index contributed by atoms with van der Waals surface area (Å²) in [6.45, 7) is 17.3. The normalized spacial score (nSPS) is 54.0. The van der Waals surface area contributed by atoms with E-state index < -0.39 is 205 Å². The van der Waals surface area contributed by atoms with Gasteiger partial charge in [0.1, 0.15) is 104 Å². The molecule has 87 heavy (non-hydrogen) atoms. The van der Waals surface area contributed by atoms with Gasteiger partial charge in [0, 0.05) is 0 Å². The molecule has 0 aromatic carbocycles. The minimum atomic E-state index is -4.90. The highest BCUT2D eigenvalue weighted by Crippen LogP contribution is 2.68. The molecule has 6 heterocycles. The van der Waals surface area contributed by atoms with Crippen LogP contribution in [0.3, 0.4) is 0 Å². The van der Waals surface area contributed by atoms with Crippen LogP contribution in [-0.4, -0.2) is 270 Å². The zero-order valence-corrected chi connectivity index (χ0v) is 51.6. The van der Waals surface area contributed by atoms with Gasteiger partial charge in [-0.3, -0.25) is 4.55 Å². The van der Waals surface area contributed by atoms with Gasteiger partial charge in [-0.25, -0.2) is 4.18 Å². The summed E-state index contributed by atoms with van der Waals surface area (Å²) in [5.41, 5.74) is -1.05. The predicted molar refractivity (Wildman–Crippen MR) is 294 cm³/mol. The van der Waals surface area contributed by atoms with E-state index in [1.165, 1.54) is 27.7 Å². The number of aliphatic hydroxyl groups is 13. The molecule has 37 atom stereocenters. The van der Waals surface area contributed by atoms with Crippen molar-refractivity contribution in [1.29, 1.82) is 0 Å². The Morgan fingerprint density at radius 1 is 0.586 bits per heavy atom. The zero-order valence-electron chi connectivity index (χ0n) is 50.8. The van der Waals surface area contributed by atoms with E-state index in [-0.39, 0.29) is 48.7 Å². The standard InChI is InChI=1S/C58H96O28S/c1-20(2)21(3)45-50(81-45)58(10,71)33-12-11-28-27-18-31(30-17-26(86-87(72,73)74)13-15-56(30,8)29(27)14-16-57(28,33)9)79-53-44(70)47(37(63)32(19-59)80-53)83-55-49(85-52-42(68)39(65)35(61)23(5)76-52)43(69)46(25(7)78-55)82-54-48(40(66)36(62)24(6)77-54)84-51-41(67)38(64)34(60)22(4)75-51/h14,20-28,30-55,59-71H,11-13,15-19H2,1-10H3,(H,72,73,74)/t21-,22?,23?,24?,25?,26-,27?,28?,30?,31-,32?,33-,34-,35+,36-,37+,38?,39?,40?,41?,42?,43?,44?,45-,46+,47?,48?,49?,50+,51-,52-,53+,54-,55-,56+,57-,58+/m0/s1. The third-order valence-electron chi connectivity index (χ3n) is 22.1. The van der Waals surface area contributed by atoms with Crippen molar-refractivity contribution in [3.05, 3.63) is 11.6 Å². The van der Waals surface area contributed by atoms with Gasteiger partial charge in [-0.1, -0.05) is 46.3 Å². The molecule has 10 aliphatic rings. The number of hydrogen-bond acceptors (Lipinski definition) is 27. The van der Waals surface area contributed by atoms with E-state index in [1.54, 1.807) is 0 Å². The fourth-order valence-electron chi connectivity index (χ4n) is 16.5. The maximum absolute atomic E-state index is 12.5. The van der Waals surface area contributed by atoms with E-state index in [0.29, 0.717) is 25.2 Å². The van der Waals surface area contributed by atoms with Crippen molar-refractivity contribution in [2.24, 2.45) is 46.3 Å². The SMILES string of the molecule is CC1O[C@@H](OC2C(O)[C@H](O[C@@H]3OC(C)[C@H](O)C(O)C3O[C@@H]3OC(C)[C@H](O)C(O)C3O)C(C)O[C@H]2OC2C(O)[C@H](O[C@H]3CC4C(=CC[C@@]5(C)C4CC[C@@H]5[C@@](C)(O)[C@@H]4O[C@H]4[C@@H](C)C(C)C)[C@@]4(C)CC[C@H](OS(=O)(=O)O)CC34)OC(CO)[C@H]2O)C(O)C(O)[C@@H]1O. The first kappa shape index (κ1) is 68.5. The molecule has 4 aliphatic carbocycles. The van der Waals surface area contributed by atoms with Gasteiger partial charge in [-0.2, -0.15) is 8.42 Å². The number of epoxide rings is 1. The maximum Gasteiger partial charge on any atom is 0.397 e. The molecule has 14 N–H and O–H groups in total. The van der Waals surface area contributed by atoms with Crippen LogP contribution in [0.4, 0.5) is 0 Å². The predicted octanol–water partition coefficient (Wildman–Crippen LogP) is -2.23. The van der Waals surface area contributed by atoms with E-state index in [1.807, 2.05) is 6.92 Å². The second-order valence-electron chi connectivity index (χ2n) is 27.8. The summed E-state index contributed by atoms with van der Waals surface area (Å²) in [7, 11) is -4.90. The average molecular weight is 1270 g/mol. The summed E-state index contributed by atoms with van der Waals surface area (Å²) in [5, 5.41) is 147. The molecule has 0 aromatic heterocycles. The van der Waals surface area contributed by atoms with Crippen LogP contribution in [0, 0.1) is 46.3 Å². The van der Waals surface area contributed by atoms with Crippen molar-refractivity contribution in [2.75, 3.05) is 6.61 Å². The lowest BCUT2D eigenvalue weighted by Crippen LogP contribution is -2.68. The quantitative estimate of drug-likeness (QED) is 0.0416.